The van der Waals surface area contributed by atoms with Gasteiger partial charge in [-0.05, 0) is 0 Å². The van der Waals surface area contributed by atoms with E-state index in [0.29, 0.717) is 6.42 Å². The minimum atomic E-state index is -4.49. The van der Waals surface area contributed by atoms with Crippen LogP contribution in [0.1, 0.15) is 40.5 Å². The van der Waals surface area contributed by atoms with Crippen LogP contribution in [0.15, 0.2) is 30.3 Å². The predicted molar refractivity (Wildman–Crippen MR) is 131 cm³/mol. The van der Waals surface area contributed by atoms with Crippen LogP contribution in [0.2, 0.25) is 0 Å². The van der Waals surface area contributed by atoms with Gasteiger partial charge in [0.2, 0.25) is 0 Å². The van der Waals surface area contributed by atoms with Crippen LogP contribution in [0.3, 0.4) is 0 Å². The summed E-state index contributed by atoms with van der Waals surface area (Å²) in [7, 11) is 7.51. The Balaban J connectivity index is 1.71. The first kappa shape index (κ1) is 28.4. The Hall–Kier alpha value is -0.181. The molecular weight excluding hydrogens is 524 g/mol. The average molecular weight is 557 g/mol. The SMILES string of the molecule is [B][C@H]1CC(OC(C)C)[C@@H](COP(=O)(O)OC2C[C@H]([B])O[C@@]2(COC(C)C)[Se]c2ccccc2)O1. The Morgan fingerprint density at radius 3 is 2.50 bits per heavy atom. The zero-order valence-corrected chi connectivity index (χ0v) is 22.7. The fourth-order valence-corrected chi connectivity index (χ4v) is 7.65. The number of hydrogen-bond donors (Lipinski definition) is 1. The van der Waals surface area contributed by atoms with E-state index in [9.17, 15) is 9.46 Å². The van der Waals surface area contributed by atoms with E-state index in [-0.39, 0.29) is 52.9 Å². The molecule has 8 nitrogen and oxygen atoms in total. The molecule has 0 aliphatic carbocycles. The zero-order valence-electron chi connectivity index (χ0n) is 20.1. The quantitative estimate of drug-likeness (QED) is 0.307. The topological polar surface area (TPSA) is 92.7 Å². The molecule has 1 aromatic carbocycles. The molecule has 3 unspecified atom stereocenters. The molecule has 0 spiro atoms. The second-order valence-electron chi connectivity index (χ2n) is 9.01. The van der Waals surface area contributed by atoms with Crippen molar-refractivity contribution in [1.29, 1.82) is 0 Å². The maximum atomic E-state index is 13.0. The molecule has 4 radical (unpaired) electrons. The summed E-state index contributed by atoms with van der Waals surface area (Å²) in [5, 5.41) is 0. The summed E-state index contributed by atoms with van der Waals surface area (Å²) in [6.07, 6.45) is -1.12. The van der Waals surface area contributed by atoms with Gasteiger partial charge in [-0.25, -0.2) is 0 Å². The van der Waals surface area contributed by atoms with E-state index in [1.807, 2.05) is 58.0 Å². The van der Waals surface area contributed by atoms with Gasteiger partial charge in [-0.2, -0.15) is 0 Å². The predicted octanol–water partition coefficient (Wildman–Crippen LogP) is 1.63. The van der Waals surface area contributed by atoms with Crippen molar-refractivity contribution in [2.75, 3.05) is 13.2 Å². The van der Waals surface area contributed by atoms with Crippen LogP contribution in [-0.4, -0.2) is 95.8 Å². The third kappa shape index (κ3) is 8.17. The van der Waals surface area contributed by atoms with Crippen molar-refractivity contribution >= 4 is 42.9 Å². The molecule has 12 heteroatoms. The van der Waals surface area contributed by atoms with Crippen molar-refractivity contribution in [3.63, 3.8) is 0 Å². The van der Waals surface area contributed by atoms with Crippen molar-refractivity contribution in [2.45, 2.75) is 87.6 Å². The Morgan fingerprint density at radius 1 is 1.15 bits per heavy atom. The monoisotopic (exact) mass is 558 g/mol. The van der Waals surface area contributed by atoms with E-state index >= 15 is 0 Å². The van der Waals surface area contributed by atoms with Crippen LogP contribution in [-0.2, 0) is 32.6 Å². The fourth-order valence-electron chi connectivity index (χ4n) is 3.86. The molecule has 1 aromatic rings. The molecule has 7 atom stereocenters. The van der Waals surface area contributed by atoms with Gasteiger partial charge in [0.15, 0.2) is 0 Å². The van der Waals surface area contributed by atoms with E-state index in [4.69, 9.17) is 43.7 Å². The molecule has 0 saturated carbocycles. The van der Waals surface area contributed by atoms with Crippen LogP contribution in [0.4, 0.5) is 0 Å². The Labute approximate surface area is 211 Å². The first-order chi connectivity index (χ1) is 16.0. The molecular formula is C22H33B2O8PSe. The van der Waals surface area contributed by atoms with Gasteiger partial charge in [-0.3, -0.25) is 0 Å². The molecule has 2 saturated heterocycles. The van der Waals surface area contributed by atoms with Gasteiger partial charge in [-0.15, -0.1) is 0 Å². The summed E-state index contributed by atoms with van der Waals surface area (Å²) in [6.45, 7) is 7.60. The van der Waals surface area contributed by atoms with E-state index in [0.717, 1.165) is 4.46 Å². The van der Waals surface area contributed by atoms with Crippen molar-refractivity contribution in [3.05, 3.63) is 30.3 Å². The zero-order chi connectivity index (χ0) is 24.9. The van der Waals surface area contributed by atoms with Crippen LogP contribution in [0.5, 0.6) is 0 Å². The number of benzene rings is 1. The van der Waals surface area contributed by atoms with Gasteiger partial charge in [0.05, 0.1) is 0 Å². The first-order valence-electron chi connectivity index (χ1n) is 11.5. The van der Waals surface area contributed by atoms with Crippen molar-refractivity contribution < 1.29 is 37.5 Å². The van der Waals surface area contributed by atoms with Crippen LogP contribution in [0.25, 0.3) is 0 Å². The third-order valence-electron chi connectivity index (χ3n) is 5.28. The van der Waals surface area contributed by atoms with Crippen molar-refractivity contribution in [1.82, 2.24) is 0 Å². The second kappa shape index (κ2) is 12.4. The molecule has 2 aliphatic heterocycles. The van der Waals surface area contributed by atoms with Gasteiger partial charge < -0.3 is 0 Å². The molecule has 2 heterocycles. The summed E-state index contributed by atoms with van der Waals surface area (Å²) in [4.78, 5) is 10.6. The van der Waals surface area contributed by atoms with Gasteiger partial charge in [0, 0.05) is 0 Å². The van der Waals surface area contributed by atoms with Crippen molar-refractivity contribution in [2.24, 2.45) is 0 Å². The Bertz CT molecular complexity index is 819. The van der Waals surface area contributed by atoms with Gasteiger partial charge in [0.1, 0.15) is 0 Å². The molecule has 2 fully saturated rings. The van der Waals surface area contributed by atoms with Crippen molar-refractivity contribution in [3.8, 4) is 0 Å². The van der Waals surface area contributed by atoms with E-state index in [2.05, 4.69) is 0 Å². The molecule has 0 aromatic heterocycles. The number of ether oxygens (including phenoxy) is 4. The molecule has 0 bridgehead atoms. The van der Waals surface area contributed by atoms with E-state index in [1.54, 1.807) is 0 Å². The first-order valence-corrected chi connectivity index (χ1v) is 14.7. The summed E-state index contributed by atoms with van der Waals surface area (Å²) >= 11 is -0.320. The molecule has 34 heavy (non-hydrogen) atoms. The fraction of sp³-hybridized carbons (Fsp3) is 0.727. The average Bonchev–Trinajstić information content (AvgIpc) is 3.23. The van der Waals surface area contributed by atoms with Gasteiger partial charge in [0.25, 0.3) is 0 Å². The molecule has 2 aliphatic rings. The molecule has 3 rings (SSSR count). The Morgan fingerprint density at radius 2 is 1.85 bits per heavy atom. The van der Waals surface area contributed by atoms with E-state index < -0.39 is 36.5 Å². The van der Waals surface area contributed by atoms with Crippen LogP contribution >= 0.6 is 7.82 Å². The normalized spacial score (nSPS) is 33.6. The van der Waals surface area contributed by atoms with E-state index in [1.165, 1.54) is 0 Å². The number of phosphoric acid groups is 1. The number of phosphoric ester groups is 1. The van der Waals surface area contributed by atoms with Crippen LogP contribution < -0.4 is 4.46 Å². The maximum absolute atomic E-state index is 13.0. The summed E-state index contributed by atoms with van der Waals surface area (Å²) in [6, 6.07) is 8.56. The number of hydrogen-bond acceptors (Lipinski definition) is 7. The van der Waals surface area contributed by atoms with Crippen LogP contribution in [0, 0.1) is 0 Å². The standard InChI is InChI=1S/C22H33B2O8PSe/c1-14(2)27-13-22(34-16-8-6-5-7-9-16)19(11-21(24)31-22)32-33(25,26)28-12-18-17(29-15(3)4)10-20(23)30-18/h5-9,14-15,17-21H,10-13H2,1-4H3,(H,25,26)/t17?,18-,19?,20-,21-,22+/m1/s1. The number of rotatable bonds is 12. The molecule has 1 N–H and O–H groups in total. The van der Waals surface area contributed by atoms with Gasteiger partial charge >= 0.3 is 211 Å². The Kier molecular flexibility index (Phi) is 10.3. The summed E-state index contributed by atoms with van der Waals surface area (Å²) < 4.78 is 47.5. The second-order valence-corrected chi connectivity index (χ2v) is 13.3. The van der Waals surface area contributed by atoms with Gasteiger partial charge in [-0.1, -0.05) is 0 Å². The summed E-state index contributed by atoms with van der Waals surface area (Å²) in [5.41, 5.74) is 0. The molecule has 0 amide bonds. The summed E-state index contributed by atoms with van der Waals surface area (Å²) in [5.74, 6) is 0. The molecule has 186 valence electrons. The minimum absolute atomic E-state index is 0.0440. The third-order valence-corrected chi connectivity index (χ3v) is 9.07.